The van der Waals surface area contributed by atoms with Crippen LogP contribution in [0.2, 0.25) is 0 Å². The average molecular weight is 877 g/mol. The minimum absolute atomic E-state index is 0.0541. The molecule has 0 spiro atoms. The smallest absolute Gasteiger partial charge is 0.463 e. The minimum atomic E-state index is -4.25. The van der Waals surface area contributed by atoms with E-state index in [0.717, 1.165) is 57.8 Å². The summed E-state index contributed by atoms with van der Waals surface area (Å²) in [5.41, 5.74) is 0. The van der Waals surface area contributed by atoms with Gasteiger partial charge < -0.3 is 19.2 Å². The van der Waals surface area contributed by atoms with Crippen LogP contribution in [0.4, 0.5) is 0 Å². The second kappa shape index (κ2) is 44.5. The number of rotatable bonds is 45. The summed E-state index contributed by atoms with van der Waals surface area (Å²) < 4.78 is 27.3. The normalized spacial score (nSPS) is 14.3. The zero-order valence-electron chi connectivity index (χ0n) is 39.9. The van der Waals surface area contributed by atoms with Crippen molar-refractivity contribution in [3.8, 4) is 0 Å². The fraction of sp³-hybridized carbons (Fsp3) is 0.750. The number of carbonyl (C=O) groups excluding carboxylic acids is 1. The fourth-order valence-electron chi connectivity index (χ4n) is 6.66. The standard InChI is InChI=1S/C52H94NO7P/c1-5-6-7-8-9-10-11-12-13-14-15-16-17-18-19-20-21-22-23-24-25-26-27-28-29-30-31-32-33-34-35-36-37-38-39-40-41-42-43-44-45-46-52(55)58-49-51(54)50-60-61(56,57)59-48-47-53(2,3)4/h6-7,9-10,12-13,15-16,18-19,21-22,51,54H,5,8,11,14,17,20,23-50H2,1-4H3/p+1/b7-6-,10-9-,13-12-,16-15-,19-18-,22-21-. The van der Waals surface area contributed by atoms with Crippen molar-refractivity contribution in [2.45, 2.75) is 206 Å². The molecule has 8 nitrogen and oxygen atoms in total. The third-order valence-corrected chi connectivity index (χ3v) is 11.5. The lowest BCUT2D eigenvalue weighted by Crippen LogP contribution is -2.37. The van der Waals surface area contributed by atoms with Gasteiger partial charge in [0.05, 0.1) is 27.7 Å². The number of ether oxygens (including phenoxy) is 1. The maximum Gasteiger partial charge on any atom is 0.472 e. The molecule has 2 unspecified atom stereocenters. The van der Waals surface area contributed by atoms with E-state index in [4.69, 9.17) is 13.8 Å². The fourth-order valence-corrected chi connectivity index (χ4v) is 7.41. The van der Waals surface area contributed by atoms with Gasteiger partial charge in [0.15, 0.2) is 0 Å². The SMILES string of the molecule is CC/C=C\C/C=C\C/C=C\C/C=C\C/C=C\C/C=C\CCCCCCCCCCCCCCCCCCCCCCCCC(=O)OCC(O)COP(=O)(O)OCC[N+](C)(C)C. The van der Waals surface area contributed by atoms with Gasteiger partial charge in [-0.3, -0.25) is 13.8 Å². The van der Waals surface area contributed by atoms with Gasteiger partial charge in [-0.15, -0.1) is 0 Å². The Hall–Kier alpha value is -2.06. The first-order chi connectivity index (χ1) is 29.6. The first-order valence-corrected chi connectivity index (χ1v) is 26.2. The van der Waals surface area contributed by atoms with Gasteiger partial charge in [-0.05, 0) is 57.8 Å². The summed E-state index contributed by atoms with van der Waals surface area (Å²) in [6.45, 7) is 2.04. The Morgan fingerprint density at radius 1 is 0.508 bits per heavy atom. The van der Waals surface area contributed by atoms with E-state index >= 15 is 0 Å². The van der Waals surface area contributed by atoms with Crippen molar-refractivity contribution in [1.29, 1.82) is 0 Å². The van der Waals surface area contributed by atoms with E-state index in [9.17, 15) is 19.4 Å². The van der Waals surface area contributed by atoms with Crippen LogP contribution in [-0.2, 0) is 23.1 Å². The molecule has 0 aliphatic carbocycles. The van der Waals surface area contributed by atoms with E-state index in [0.29, 0.717) is 17.4 Å². The highest BCUT2D eigenvalue weighted by atomic mass is 31.2. The highest BCUT2D eigenvalue weighted by Gasteiger charge is 2.24. The molecule has 2 atom stereocenters. The molecule has 0 aromatic carbocycles. The van der Waals surface area contributed by atoms with Gasteiger partial charge in [0.25, 0.3) is 0 Å². The second-order valence-electron chi connectivity index (χ2n) is 17.7. The zero-order valence-corrected chi connectivity index (χ0v) is 40.8. The van der Waals surface area contributed by atoms with Crippen LogP contribution < -0.4 is 0 Å². The monoisotopic (exact) mass is 877 g/mol. The molecule has 0 aromatic heterocycles. The van der Waals surface area contributed by atoms with Crippen molar-refractivity contribution < 1.29 is 37.6 Å². The largest absolute Gasteiger partial charge is 0.472 e. The van der Waals surface area contributed by atoms with E-state index in [1.807, 2.05) is 21.1 Å². The molecule has 0 aliphatic rings. The summed E-state index contributed by atoms with van der Waals surface area (Å²) in [5.74, 6) is -0.369. The predicted octanol–water partition coefficient (Wildman–Crippen LogP) is 14.8. The Labute approximate surface area is 376 Å². The maximum absolute atomic E-state index is 12.0. The van der Waals surface area contributed by atoms with Crippen LogP contribution in [0.15, 0.2) is 72.9 Å². The van der Waals surface area contributed by atoms with Crippen LogP contribution in [0.25, 0.3) is 0 Å². The van der Waals surface area contributed by atoms with E-state index < -0.39 is 20.5 Å². The molecule has 0 saturated carbocycles. The van der Waals surface area contributed by atoms with Gasteiger partial charge in [0, 0.05) is 6.42 Å². The lowest BCUT2D eigenvalue weighted by molar-refractivity contribution is -0.870. The summed E-state index contributed by atoms with van der Waals surface area (Å²) in [6, 6.07) is 0. The van der Waals surface area contributed by atoms with Crippen molar-refractivity contribution in [3.63, 3.8) is 0 Å². The molecule has 0 aliphatic heterocycles. The molecular weight excluding hydrogens is 782 g/mol. The van der Waals surface area contributed by atoms with Gasteiger partial charge in [-0.25, -0.2) is 4.57 Å². The molecule has 0 rings (SSSR count). The molecule has 0 radical (unpaired) electrons. The lowest BCUT2D eigenvalue weighted by atomic mass is 10.0. The summed E-state index contributed by atoms with van der Waals surface area (Å²) in [4.78, 5) is 21.7. The van der Waals surface area contributed by atoms with Gasteiger partial charge in [0.1, 0.15) is 25.9 Å². The molecule has 0 heterocycles. The second-order valence-corrected chi connectivity index (χ2v) is 19.1. The molecule has 0 saturated heterocycles. The van der Waals surface area contributed by atoms with Crippen LogP contribution >= 0.6 is 7.82 Å². The number of phosphoric acid groups is 1. The molecule has 9 heteroatoms. The number of carbonyl (C=O) groups is 1. The van der Waals surface area contributed by atoms with E-state index in [1.54, 1.807) is 0 Å². The average Bonchev–Trinajstić information content (AvgIpc) is 3.22. The number of hydrogen-bond acceptors (Lipinski definition) is 6. The maximum atomic E-state index is 12.0. The Kier molecular flexibility index (Phi) is 43.0. The Balaban J connectivity index is 3.37. The number of phosphoric ester groups is 1. The molecule has 354 valence electrons. The third-order valence-electron chi connectivity index (χ3n) is 10.5. The highest BCUT2D eigenvalue weighted by molar-refractivity contribution is 7.47. The number of aliphatic hydroxyl groups is 1. The van der Waals surface area contributed by atoms with Crippen LogP contribution in [0, 0.1) is 0 Å². The summed E-state index contributed by atoms with van der Waals surface area (Å²) in [7, 11) is 1.56. The first kappa shape index (κ1) is 58.9. The third kappa shape index (κ3) is 50.5. The molecule has 0 aromatic rings. The highest BCUT2D eigenvalue weighted by Crippen LogP contribution is 2.43. The zero-order chi connectivity index (χ0) is 44.8. The number of unbranched alkanes of at least 4 members (excludes halogenated alkanes) is 22. The van der Waals surface area contributed by atoms with Crippen molar-refractivity contribution in [1.82, 2.24) is 0 Å². The number of quaternary nitrogens is 1. The number of allylic oxidation sites excluding steroid dienone is 12. The van der Waals surface area contributed by atoms with Crippen molar-refractivity contribution in [3.05, 3.63) is 72.9 Å². The van der Waals surface area contributed by atoms with Crippen molar-refractivity contribution in [2.24, 2.45) is 0 Å². The van der Waals surface area contributed by atoms with Crippen molar-refractivity contribution >= 4 is 13.8 Å². The molecule has 0 bridgehead atoms. The number of esters is 1. The molecule has 61 heavy (non-hydrogen) atoms. The Morgan fingerprint density at radius 2 is 0.852 bits per heavy atom. The number of likely N-dealkylation sites (N-methyl/N-ethyl adjacent to an activating group) is 1. The summed E-state index contributed by atoms with van der Waals surface area (Å²) >= 11 is 0. The van der Waals surface area contributed by atoms with Gasteiger partial charge in [-0.2, -0.15) is 0 Å². The topological polar surface area (TPSA) is 102 Å². The molecule has 0 amide bonds. The number of aliphatic hydroxyl groups excluding tert-OH is 1. The lowest BCUT2D eigenvalue weighted by Gasteiger charge is -2.24. The number of nitrogens with zero attached hydrogens (tertiary/aromatic N) is 1. The summed E-state index contributed by atoms with van der Waals surface area (Å²) in [5, 5.41) is 9.93. The Bertz CT molecular complexity index is 1200. The first-order valence-electron chi connectivity index (χ1n) is 24.7. The van der Waals surface area contributed by atoms with Crippen LogP contribution in [0.1, 0.15) is 200 Å². The molecule has 0 fully saturated rings. The van der Waals surface area contributed by atoms with Gasteiger partial charge >= 0.3 is 13.8 Å². The van der Waals surface area contributed by atoms with E-state index in [2.05, 4.69) is 79.8 Å². The van der Waals surface area contributed by atoms with E-state index in [1.165, 1.54) is 128 Å². The molecule has 2 N–H and O–H groups in total. The molecular formula is C52H95NO7P+. The van der Waals surface area contributed by atoms with Crippen LogP contribution in [-0.4, -0.2) is 74.1 Å². The minimum Gasteiger partial charge on any atom is -0.463 e. The van der Waals surface area contributed by atoms with Crippen LogP contribution in [0.3, 0.4) is 0 Å². The van der Waals surface area contributed by atoms with Gasteiger partial charge in [0.2, 0.25) is 0 Å². The van der Waals surface area contributed by atoms with Crippen molar-refractivity contribution in [2.75, 3.05) is 47.5 Å². The van der Waals surface area contributed by atoms with Crippen LogP contribution in [0.5, 0.6) is 0 Å². The number of hydrogen-bond donors (Lipinski definition) is 2. The predicted molar refractivity (Wildman–Crippen MR) is 261 cm³/mol. The van der Waals surface area contributed by atoms with Gasteiger partial charge in [-0.1, -0.05) is 208 Å². The van der Waals surface area contributed by atoms with E-state index in [-0.39, 0.29) is 19.2 Å². The Morgan fingerprint density at radius 3 is 1.23 bits per heavy atom. The quantitative estimate of drug-likeness (QED) is 0.0206. The summed E-state index contributed by atoms with van der Waals surface area (Å²) in [6.07, 6.45) is 62.7.